The van der Waals surface area contributed by atoms with E-state index >= 15 is 0 Å². The number of carbonyl (C=O) groups is 1. The molecule has 8 heteroatoms. The summed E-state index contributed by atoms with van der Waals surface area (Å²) in [5, 5.41) is 13.8. The summed E-state index contributed by atoms with van der Waals surface area (Å²) in [5.74, 6) is 1.05. The second-order valence-electron chi connectivity index (χ2n) is 6.01. The Morgan fingerprint density at radius 2 is 1.93 bits per heavy atom. The number of para-hydroxylation sites is 1. The molecule has 0 aliphatic carbocycles. The molecular weight excluding hydrogens is 356 g/mol. The average Bonchev–Trinajstić information content (AvgIpc) is 3.43. The Hall–Kier alpha value is -3.94. The summed E-state index contributed by atoms with van der Waals surface area (Å²) < 4.78 is 6.99. The van der Waals surface area contributed by atoms with Crippen LogP contribution in [-0.4, -0.2) is 38.0 Å². The molecule has 8 nitrogen and oxygen atoms in total. The van der Waals surface area contributed by atoms with Gasteiger partial charge < -0.3 is 10.1 Å². The molecule has 2 aromatic carbocycles. The third-order valence-electron chi connectivity index (χ3n) is 4.21. The molecule has 0 fully saturated rings. The lowest BCUT2D eigenvalue weighted by atomic mass is 10.1. The number of carbonyl (C=O) groups excluding carboxylic acids is 1. The van der Waals surface area contributed by atoms with Gasteiger partial charge in [-0.25, -0.2) is 9.67 Å². The molecule has 0 unspecified atom stereocenters. The number of ether oxygens (including phenoxy) is 1. The molecule has 0 spiro atoms. The maximum absolute atomic E-state index is 12.6. The van der Waals surface area contributed by atoms with Crippen molar-refractivity contribution in [1.82, 2.24) is 30.3 Å². The van der Waals surface area contributed by atoms with Crippen LogP contribution in [0.15, 0.2) is 67.0 Å². The molecule has 0 radical (unpaired) electrons. The van der Waals surface area contributed by atoms with Gasteiger partial charge in [0.15, 0.2) is 5.69 Å². The largest absolute Gasteiger partial charge is 0.497 e. The number of rotatable bonds is 6. The lowest BCUT2D eigenvalue weighted by Gasteiger charge is -2.08. The predicted molar refractivity (Wildman–Crippen MR) is 103 cm³/mol. The minimum absolute atomic E-state index is 0.245. The predicted octanol–water partition coefficient (Wildman–Crippen LogP) is 2.60. The monoisotopic (exact) mass is 374 g/mol. The maximum atomic E-state index is 12.6. The summed E-state index contributed by atoms with van der Waals surface area (Å²) in [6, 6.07) is 19.1. The van der Waals surface area contributed by atoms with Gasteiger partial charge in [-0.1, -0.05) is 18.2 Å². The van der Waals surface area contributed by atoms with Crippen molar-refractivity contribution in [2.24, 2.45) is 0 Å². The van der Waals surface area contributed by atoms with Crippen LogP contribution in [0, 0.1) is 0 Å². The normalized spacial score (nSPS) is 10.6. The van der Waals surface area contributed by atoms with Gasteiger partial charge in [0.05, 0.1) is 25.0 Å². The standard InChI is InChI=1S/C20H18N6O2/c1-28-16-9-7-14(8-10-16)18-11-17(20(27)21-12-19-22-13-23-24-19)25-26(18)15-5-3-2-4-6-15/h2-11,13H,12H2,1H3,(H,21,27)(H,22,23,24). The highest BCUT2D eigenvalue weighted by molar-refractivity contribution is 5.93. The van der Waals surface area contributed by atoms with E-state index in [-0.39, 0.29) is 12.5 Å². The van der Waals surface area contributed by atoms with Crippen molar-refractivity contribution in [3.63, 3.8) is 0 Å². The molecule has 1 amide bonds. The van der Waals surface area contributed by atoms with E-state index in [0.29, 0.717) is 11.5 Å². The SMILES string of the molecule is COc1ccc(-c2cc(C(=O)NCc3ncn[nH]3)nn2-c2ccccc2)cc1. The minimum atomic E-state index is -0.291. The topological polar surface area (TPSA) is 97.7 Å². The lowest BCUT2D eigenvalue weighted by molar-refractivity contribution is 0.0944. The van der Waals surface area contributed by atoms with Crippen molar-refractivity contribution >= 4 is 5.91 Å². The number of hydrogen-bond acceptors (Lipinski definition) is 5. The number of aromatic nitrogens is 5. The molecular formula is C20H18N6O2. The van der Waals surface area contributed by atoms with E-state index in [1.54, 1.807) is 17.9 Å². The number of hydrogen-bond donors (Lipinski definition) is 2. The van der Waals surface area contributed by atoms with Gasteiger partial charge in [0, 0.05) is 5.56 Å². The molecule has 2 N–H and O–H groups in total. The van der Waals surface area contributed by atoms with Crippen LogP contribution in [0.3, 0.4) is 0 Å². The summed E-state index contributed by atoms with van der Waals surface area (Å²) in [4.78, 5) is 16.6. The first kappa shape index (κ1) is 17.5. The zero-order chi connectivity index (χ0) is 19.3. The lowest BCUT2D eigenvalue weighted by Crippen LogP contribution is -2.24. The van der Waals surface area contributed by atoms with Crippen LogP contribution in [0.5, 0.6) is 5.75 Å². The Labute approximate surface area is 161 Å². The molecule has 2 aromatic heterocycles. The minimum Gasteiger partial charge on any atom is -0.497 e. The maximum Gasteiger partial charge on any atom is 0.272 e. The number of nitrogens with zero attached hydrogens (tertiary/aromatic N) is 4. The highest BCUT2D eigenvalue weighted by Crippen LogP contribution is 2.26. The van der Waals surface area contributed by atoms with E-state index in [2.05, 4.69) is 25.6 Å². The van der Waals surface area contributed by atoms with Crippen molar-refractivity contribution in [2.45, 2.75) is 6.54 Å². The number of benzene rings is 2. The molecule has 4 rings (SSSR count). The van der Waals surface area contributed by atoms with E-state index < -0.39 is 0 Å². The van der Waals surface area contributed by atoms with Crippen LogP contribution in [0.4, 0.5) is 0 Å². The van der Waals surface area contributed by atoms with Crippen LogP contribution in [0.1, 0.15) is 16.3 Å². The van der Waals surface area contributed by atoms with E-state index in [1.165, 1.54) is 6.33 Å². The molecule has 4 aromatic rings. The zero-order valence-electron chi connectivity index (χ0n) is 15.2. The van der Waals surface area contributed by atoms with E-state index in [0.717, 1.165) is 22.7 Å². The fraction of sp³-hybridized carbons (Fsp3) is 0.100. The third kappa shape index (κ3) is 3.61. The van der Waals surface area contributed by atoms with Crippen molar-refractivity contribution in [3.8, 4) is 22.7 Å². The number of amides is 1. The van der Waals surface area contributed by atoms with Gasteiger partial charge >= 0.3 is 0 Å². The van der Waals surface area contributed by atoms with Gasteiger partial charge in [-0.15, -0.1) is 0 Å². The fourth-order valence-corrected chi connectivity index (χ4v) is 2.80. The van der Waals surface area contributed by atoms with Crippen molar-refractivity contribution in [2.75, 3.05) is 7.11 Å². The Balaban J connectivity index is 1.68. The number of H-pyrrole nitrogens is 1. The number of methoxy groups -OCH3 is 1. The Morgan fingerprint density at radius 3 is 2.61 bits per heavy atom. The molecule has 0 bridgehead atoms. The summed E-state index contributed by atoms with van der Waals surface area (Å²) in [5.41, 5.74) is 2.90. The van der Waals surface area contributed by atoms with Gasteiger partial charge in [-0.3, -0.25) is 9.89 Å². The van der Waals surface area contributed by atoms with Crippen LogP contribution in [0.2, 0.25) is 0 Å². The second kappa shape index (κ2) is 7.75. The van der Waals surface area contributed by atoms with Gasteiger partial charge in [-0.05, 0) is 42.5 Å². The quantitative estimate of drug-likeness (QED) is 0.541. The Kier molecular flexibility index (Phi) is 4.83. The van der Waals surface area contributed by atoms with Crippen LogP contribution in [0.25, 0.3) is 16.9 Å². The molecule has 140 valence electrons. The smallest absolute Gasteiger partial charge is 0.272 e. The van der Waals surface area contributed by atoms with Crippen molar-refractivity contribution in [1.29, 1.82) is 0 Å². The van der Waals surface area contributed by atoms with Crippen LogP contribution in [-0.2, 0) is 6.54 Å². The molecule has 2 heterocycles. The van der Waals surface area contributed by atoms with Crippen molar-refractivity contribution in [3.05, 3.63) is 78.5 Å². The summed E-state index contributed by atoms with van der Waals surface area (Å²) in [6.45, 7) is 0.245. The number of aromatic amines is 1. The Bertz CT molecular complexity index is 1060. The molecule has 0 saturated carbocycles. The fourth-order valence-electron chi connectivity index (χ4n) is 2.80. The van der Waals surface area contributed by atoms with Crippen molar-refractivity contribution < 1.29 is 9.53 Å². The highest BCUT2D eigenvalue weighted by atomic mass is 16.5. The molecule has 28 heavy (non-hydrogen) atoms. The molecule has 0 aliphatic heterocycles. The first-order chi connectivity index (χ1) is 13.7. The van der Waals surface area contributed by atoms with E-state index in [9.17, 15) is 4.79 Å². The van der Waals surface area contributed by atoms with Gasteiger partial charge in [0.25, 0.3) is 5.91 Å². The second-order valence-corrected chi connectivity index (χ2v) is 6.01. The molecule has 0 aliphatic rings. The van der Waals surface area contributed by atoms with Gasteiger partial charge in [0.2, 0.25) is 0 Å². The summed E-state index contributed by atoms with van der Waals surface area (Å²) >= 11 is 0. The van der Waals surface area contributed by atoms with Crippen LogP contribution >= 0.6 is 0 Å². The van der Waals surface area contributed by atoms with E-state index in [4.69, 9.17) is 4.74 Å². The summed E-state index contributed by atoms with van der Waals surface area (Å²) in [7, 11) is 1.63. The highest BCUT2D eigenvalue weighted by Gasteiger charge is 2.17. The first-order valence-corrected chi connectivity index (χ1v) is 8.67. The van der Waals surface area contributed by atoms with Gasteiger partial charge in [0.1, 0.15) is 17.9 Å². The average molecular weight is 374 g/mol. The third-order valence-corrected chi connectivity index (χ3v) is 4.21. The Morgan fingerprint density at radius 1 is 1.14 bits per heavy atom. The zero-order valence-corrected chi connectivity index (χ0v) is 15.2. The van der Waals surface area contributed by atoms with Gasteiger partial charge in [-0.2, -0.15) is 10.2 Å². The van der Waals surface area contributed by atoms with Crippen LogP contribution < -0.4 is 10.1 Å². The first-order valence-electron chi connectivity index (χ1n) is 8.67. The molecule has 0 saturated heterocycles. The molecule has 0 atom stereocenters. The van der Waals surface area contributed by atoms with E-state index in [1.807, 2.05) is 54.6 Å². The number of nitrogens with one attached hydrogen (secondary N) is 2. The summed E-state index contributed by atoms with van der Waals surface area (Å²) in [6.07, 6.45) is 1.40.